The van der Waals surface area contributed by atoms with Crippen LogP contribution in [0, 0.1) is 11.8 Å². The van der Waals surface area contributed by atoms with E-state index in [-0.39, 0.29) is 24.0 Å². The Kier molecular flexibility index (Phi) is 10.6. The van der Waals surface area contributed by atoms with Crippen LogP contribution in [0.3, 0.4) is 0 Å². The van der Waals surface area contributed by atoms with Gasteiger partial charge in [0.1, 0.15) is 0 Å². The molecule has 2 atom stereocenters. The number of hydrogen-bond acceptors (Lipinski definition) is 2. The molecule has 20 heavy (non-hydrogen) atoms. The second-order valence-electron chi connectivity index (χ2n) is 6.27. The lowest BCUT2D eigenvalue weighted by molar-refractivity contribution is 0.145. The summed E-state index contributed by atoms with van der Waals surface area (Å²) in [6, 6.07) is 0.424. The molecule has 2 unspecified atom stereocenters. The number of nitrogens with zero attached hydrogens (tertiary/aromatic N) is 2. The summed E-state index contributed by atoms with van der Waals surface area (Å²) in [5.74, 6) is 2.60. The summed E-state index contributed by atoms with van der Waals surface area (Å²) in [5.41, 5.74) is 0. The number of aliphatic imine (C=N–C) groups is 1. The van der Waals surface area contributed by atoms with Crippen molar-refractivity contribution in [3.05, 3.63) is 0 Å². The number of piperidine rings is 1. The van der Waals surface area contributed by atoms with Crippen molar-refractivity contribution in [2.24, 2.45) is 16.8 Å². The van der Waals surface area contributed by atoms with Crippen molar-refractivity contribution in [2.75, 3.05) is 32.7 Å². The molecular weight excluding hydrogens is 363 g/mol. The normalized spacial score (nSPS) is 24.4. The molecule has 0 aromatic carbocycles. The Bertz CT molecular complexity index is 271. The number of nitrogens with one attached hydrogen (secondary N) is 2. The van der Waals surface area contributed by atoms with Gasteiger partial charge in [-0.1, -0.05) is 13.8 Å². The maximum absolute atomic E-state index is 4.65. The van der Waals surface area contributed by atoms with Crippen molar-refractivity contribution in [1.82, 2.24) is 15.5 Å². The Morgan fingerprint density at radius 3 is 2.35 bits per heavy atom. The Morgan fingerprint density at radius 2 is 1.85 bits per heavy atom. The van der Waals surface area contributed by atoms with E-state index in [1.54, 1.807) is 0 Å². The van der Waals surface area contributed by atoms with E-state index < -0.39 is 0 Å². The molecule has 0 saturated carbocycles. The minimum atomic E-state index is 0. The van der Waals surface area contributed by atoms with E-state index in [1.807, 2.05) is 0 Å². The number of rotatable bonds is 5. The molecule has 1 aliphatic rings. The molecule has 1 heterocycles. The summed E-state index contributed by atoms with van der Waals surface area (Å²) < 4.78 is 0. The largest absolute Gasteiger partial charge is 0.357 e. The maximum Gasteiger partial charge on any atom is 0.191 e. The molecule has 1 fully saturated rings. The molecule has 4 nitrogen and oxygen atoms in total. The molecule has 1 rings (SSSR count). The summed E-state index contributed by atoms with van der Waals surface area (Å²) in [5, 5.41) is 6.65. The van der Waals surface area contributed by atoms with Gasteiger partial charge in [-0.2, -0.15) is 0 Å². The number of hydrogen-bond donors (Lipinski definition) is 2. The lowest BCUT2D eigenvalue weighted by Crippen LogP contribution is -2.42. The van der Waals surface area contributed by atoms with Gasteiger partial charge in [0, 0.05) is 32.2 Å². The van der Waals surface area contributed by atoms with Gasteiger partial charge in [-0.05, 0) is 39.0 Å². The first kappa shape index (κ1) is 20.0. The van der Waals surface area contributed by atoms with Crippen LogP contribution in [0.25, 0.3) is 0 Å². The van der Waals surface area contributed by atoms with Crippen molar-refractivity contribution >= 4 is 29.9 Å². The Balaban J connectivity index is 0.00000361. The van der Waals surface area contributed by atoms with E-state index in [9.17, 15) is 0 Å². The van der Waals surface area contributed by atoms with Crippen molar-refractivity contribution < 1.29 is 0 Å². The SMILES string of the molecule is CCNC(=NCCN1CC(C)CC(C)C1)NC(C)C.I. The smallest absolute Gasteiger partial charge is 0.191 e. The van der Waals surface area contributed by atoms with Gasteiger partial charge in [-0.15, -0.1) is 24.0 Å². The van der Waals surface area contributed by atoms with Gasteiger partial charge in [0.15, 0.2) is 5.96 Å². The third-order valence-corrected chi connectivity index (χ3v) is 3.40. The third-order valence-electron chi connectivity index (χ3n) is 3.40. The zero-order chi connectivity index (χ0) is 14.3. The highest BCUT2D eigenvalue weighted by molar-refractivity contribution is 14.0. The van der Waals surface area contributed by atoms with Gasteiger partial charge in [0.25, 0.3) is 0 Å². The van der Waals surface area contributed by atoms with Crippen molar-refractivity contribution in [3.63, 3.8) is 0 Å². The average molecular weight is 396 g/mol. The fourth-order valence-electron chi connectivity index (χ4n) is 2.87. The van der Waals surface area contributed by atoms with E-state index in [4.69, 9.17) is 0 Å². The van der Waals surface area contributed by atoms with Crippen LogP contribution in [-0.2, 0) is 0 Å². The van der Waals surface area contributed by atoms with Crippen molar-refractivity contribution in [1.29, 1.82) is 0 Å². The molecular formula is C15H33IN4. The van der Waals surface area contributed by atoms with Crippen LogP contribution in [0.2, 0.25) is 0 Å². The van der Waals surface area contributed by atoms with Crippen LogP contribution in [0.5, 0.6) is 0 Å². The van der Waals surface area contributed by atoms with Crippen LogP contribution >= 0.6 is 24.0 Å². The number of likely N-dealkylation sites (tertiary alicyclic amines) is 1. The van der Waals surface area contributed by atoms with Gasteiger partial charge in [0.2, 0.25) is 0 Å². The molecule has 0 aliphatic carbocycles. The average Bonchev–Trinajstić information content (AvgIpc) is 2.27. The molecule has 0 aromatic heterocycles. The van der Waals surface area contributed by atoms with Crippen LogP contribution in [0.1, 0.15) is 41.0 Å². The second kappa shape index (κ2) is 10.7. The Morgan fingerprint density at radius 1 is 1.25 bits per heavy atom. The monoisotopic (exact) mass is 396 g/mol. The maximum atomic E-state index is 4.65. The number of halogens is 1. The molecule has 1 saturated heterocycles. The Hall–Kier alpha value is -0.0400. The van der Waals surface area contributed by atoms with Gasteiger partial charge >= 0.3 is 0 Å². The Labute approximate surface area is 142 Å². The van der Waals surface area contributed by atoms with E-state index >= 15 is 0 Å². The number of guanidine groups is 1. The molecule has 0 radical (unpaired) electrons. The third kappa shape index (κ3) is 8.29. The lowest BCUT2D eigenvalue weighted by atomic mass is 9.92. The van der Waals surface area contributed by atoms with Crippen LogP contribution in [0.15, 0.2) is 4.99 Å². The zero-order valence-corrected chi connectivity index (χ0v) is 16.1. The van der Waals surface area contributed by atoms with E-state index in [2.05, 4.69) is 55.1 Å². The van der Waals surface area contributed by atoms with Crippen molar-refractivity contribution in [3.8, 4) is 0 Å². The van der Waals surface area contributed by atoms with E-state index in [0.717, 1.165) is 37.4 Å². The summed E-state index contributed by atoms with van der Waals surface area (Å²) in [6.45, 7) is 16.4. The summed E-state index contributed by atoms with van der Waals surface area (Å²) in [6.07, 6.45) is 1.37. The molecule has 5 heteroatoms. The quantitative estimate of drug-likeness (QED) is 0.426. The van der Waals surface area contributed by atoms with Crippen LogP contribution in [-0.4, -0.2) is 49.6 Å². The standard InChI is InChI=1S/C15H32N4.HI/c1-6-16-15(18-12(2)3)17-7-8-19-10-13(4)9-14(5)11-19;/h12-14H,6-11H2,1-5H3,(H2,16,17,18);1H. The van der Waals surface area contributed by atoms with Crippen molar-refractivity contribution in [2.45, 2.75) is 47.1 Å². The fraction of sp³-hybridized carbons (Fsp3) is 0.933. The first-order valence-electron chi connectivity index (χ1n) is 7.78. The second-order valence-corrected chi connectivity index (χ2v) is 6.27. The van der Waals surface area contributed by atoms with Crippen LogP contribution < -0.4 is 10.6 Å². The molecule has 120 valence electrons. The molecule has 2 N–H and O–H groups in total. The molecule has 0 bridgehead atoms. The topological polar surface area (TPSA) is 39.7 Å². The predicted molar refractivity (Wildman–Crippen MR) is 99.1 cm³/mol. The lowest BCUT2D eigenvalue weighted by Gasteiger charge is -2.34. The minimum absolute atomic E-state index is 0. The fourth-order valence-corrected chi connectivity index (χ4v) is 2.87. The zero-order valence-electron chi connectivity index (χ0n) is 13.8. The first-order chi connectivity index (χ1) is 9.01. The van der Waals surface area contributed by atoms with Gasteiger partial charge < -0.3 is 15.5 Å². The molecule has 0 spiro atoms. The van der Waals surface area contributed by atoms with Gasteiger partial charge in [-0.3, -0.25) is 4.99 Å². The predicted octanol–water partition coefficient (Wildman–Crippen LogP) is 2.55. The van der Waals surface area contributed by atoms with Gasteiger partial charge in [-0.25, -0.2) is 0 Å². The highest BCUT2D eigenvalue weighted by Crippen LogP contribution is 2.20. The summed E-state index contributed by atoms with van der Waals surface area (Å²) >= 11 is 0. The van der Waals surface area contributed by atoms with E-state index in [0.29, 0.717) is 6.04 Å². The van der Waals surface area contributed by atoms with Gasteiger partial charge in [0.05, 0.1) is 6.54 Å². The van der Waals surface area contributed by atoms with Crippen LogP contribution in [0.4, 0.5) is 0 Å². The molecule has 0 aromatic rings. The minimum Gasteiger partial charge on any atom is -0.357 e. The summed E-state index contributed by atoms with van der Waals surface area (Å²) in [7, 11) is 0. The first-order valence-corrected chi connectivity index (χ1v) is 7.78. The molecule has 1 aliphatic heterocycles. The highest BCUT2D eigenvalue weighted by atomic mass is 127. The molecule has 0 amide bonds. The van der Waals surface area contributed by atoms with E-state index in [1.165, 1.54) is 19.5 Å². The summed E-state index contributed by atoms with van der Waals surface area (Å²) in [4.78, 5) is 7.21. The highest BCUT2D eigenvalue weighted by Gasteiger charge is 2.20.